The van der Waals surface area contributed by atoms with Crippen LogP contribution in [0, 0.1) is 5.92 Å². The van der Waals surface area contributed by atoms with Crippen LogP contribution in [0.3, 0.4) is 0 Å². The van der Waals surface area contributed by atoms with Gasteiger partial charge in [-0.05, 0) is 43.0 Å². The molecule has 0 radical (unpaired) electrons. The van der Waals surface area contributed by atoms with E-state index in [1.807, 2.05) is 51.9 Å². The monoisotopic (exact) mass is 398 g/mol. The zero-order valence-electron chi connectivity index (χ0n) is 15.6. The second kappa shape index (κ2) is 8.52. The van der Waals surface area contributed by atoms with Crippen LogP contribution in [-0.2, 0) is 6.54 Å². The molecule has 146 valence electrons. The molecule has 0 spiro atoms. The molecule has 1 aromatic carbocycles. The number of hydrogen-bond donors (Lipinski definition) is 1. The van der Waals surface area contributed by atoms with Gasteiger partial charge in [-0.2, -0.15) is 0 Å². The highest BCUT2D eigenvalue weighted by Gasteiger charge is 2.23. The van der Waals surface area contributed by atoms with Crippen LogP contribution < -0.4 is 10.1 Å². The smallest absolute Gasteiger partial charge is 0.317 e. The summed E-state index contributed by atoms with van der Waals surface area (Å²) < 4.78 is 7.71. The maximum absolute atomic E-state index is 12.5. The number of para-hydroxylation sites is 1. The van der Waals surface area contributed by atoms with Gasteiger partial charge in [-0.1, -0.05) is 29.8 Å². The number of carbonyl (C=O) groups excluding carboxylic acids is 1. The van der Waals surface area contributed by atoms with Gasteiger partial charge in [0, 0.05) is 25.5 Å². The number of imidazole rings is 1. The summed E-state index contributed by atoms with van der Waals surface area (Å²) in [6.45, 7) is 2.59. The van der Waals surface area contributed by atoms with Gasteiger partial charge in [0.1, 0.15) is 11.4 Å². The summed E-state index contributed by atoms with van der Waals surface area (Å²) >= 11 is 5.99. The fourth-order valence-electron chi connectivity index (χ4n) is 3.41. The van der Waals surface area contributed by atoms with Crippen LogP contribution in [0.15, 0.2) is 54.9 Å². The first kappa shape index (κ1) is 18.6. The van der Waals surface area contributed by atoms with E-state index in [-0.39, 0.29) is 6.03 Å². The molecule has 0 saturated carbocycles. The van der Waals surface area contributed by atoms with Gasteiger partial charge < -0.3 is 19.4 Å². The number of carbonyl (C=O) groups is 1. The molecular weight excluding hydrogens is 376 g/mol. The molecule has 0 bridgehead atoms. The van der Waals surface area contributed by atoms with Gasteiger partial charge in [-0.15, -0.1) is 0 Å². The Morgan fingerprint density at radius 1 is 1.14 bits per heavy atom. The zero-order valence-corrected chi connectivity index (χ0v) is 16.3. The lowest BCUT2D eigenvalue weighted by Gasteiger charge is -2.31. The van der Waals surface area contributed by atoms with Crippen LogP contribution in [0.4, 0.5) is 4.79 Å². The largest absolute Gasteiger partial charge is 0.493 e. The lowest BCUT2D eigenvalue weighted by molar-refractivity contribution is 0.145. The molecule has 28 heavy (non-hydrogen) atoms. The Morgan fingerprint density at radius 3 is 2.71 bits per heavy atom. The van der Waals surface area contributed by atoms with E-state index in [0.29, 0.717) is 24.1 Å². The van der Waals surface area contributed by atoms with Crippen molar-refractivity contribution in [2.24, 2.45) is 5.92 Å². The Labute approximate surface area is 169 Å². The highest BCUT2D eigenvalue weighted by molar-refractivity contribution is 6.30. The zero-order chi connectivity index (χ0) is 19.3. The van der Waals surface area contributed by atoms with Crippen molar-refractivity contribution in [2.45, 2.75) is 19.4 Å². The van der Waals surface area contributed by atoms with Crippen LogP contribution in [0.2, 0.25) is 5.02 Å². The standard InChI is InChI=1S/C21H23ClN4O2/c22-17-6-7-20-24-18(14-26(20)13-17)12-23-21(27)25-10-8-16(9-11-25)15-28-19-4-2-1-3-5-19/h1-7,13-14,16H,8-12,15H2,(H,23,27). The first-order chi connectivity index (χ1) is 13.7. The molecule has 7 heteroatoms. The Balaban J connectivity index is 1.22. The summed E-state index contributed by atoms with van der Waals surface area (Å²) in [5.74, 6) is 1.38. The van der Waals surface area contributed by atoms with E-state index in [2.05, 4.69) is 10.3 Å². The number of urea groups is 1. The third-order valence-corrected chi connectivity index (χ3v) is 5.24. The normalized spacial score (nSPS) is 15.0. The second-order valence-electron chi connectivity index (χ2n) is 7.06. The van der Waals surface area contributed by atoms with E-state index in [0.717, 1.165) is 43.0 Å². The van der Waals surface area contributed by atoms with Crippen molar-refractivity contribution in [1.82, 2.24) is 19.6 Å². The van der Waals surface area contributed by atoms with Crippen LogP contribution >= 0.6 is 11.6 Å². The molecular formula is C21H23ClN4O2. The van der Waals surface area contributed by atoms with Crippen molar-refractivity contribution < 1.29 is 9.53 Å². The van der Waals surface area contributed by atoms with E-state index in [1.54, 1.807) is 12.3 Å². The molecule has 6 nitrogen and oxygen atoms in total. The number of piperidine rings is 1. The van der Waals surface area contributed by atoms with Crippen molar-refractivity contribution in [1.29, 1.82) is 0 Å². The van der Waals surface area contributed by atoms with Gasteiger partial charge >= 0.3 is 6.03 Å². The third kappa shape index (κ3) is 4.57. The minimum atomic E-state index is -0.0440. The minimum absolute atomic E-state index is 0.0440. The highest BCUT2D eigenvalue weighted by atomic mass is 35.5. The molecule has 1 aliphatic rings. The van der Waals surface area contributed by atoms with E-state index >= 15 is 0 Å². The van der Waals surface area contributed by atoms with E-state index in [9.17, 15) is 4.79 Å². The molecule has 1 N–H and O–H groups in total. The summed E-state index contributed by atoms with van der Waals surface area (Å²) in [7, 11) is 0. The predicted octanol–water partition coefficient (Wildman–Crippen LogP) is 3.99. The fraction of sp³-hybridized carbons (Fsp3) is 0.333. The Kier molecular flexibility index (Phi) is 5.67. The number of nitrogens with zero attached hydrogens (tertiary/aromatic N) is 3. The van der Waals surface area contributed by atoms with Crippen LogP contribution in [0.5, 0.6) is 5.75 Å². The van der Waals surface area contributed by atoms with Gasteiger partial charge in [0.2, 0.25) is 0 Å². The molecule has 4 rings (SSSR count). The maximum Gasteiger partial charge on any atom is 0.317 e. The van der Waals surface area contributed by atoms with Gasteiger partial charge in [0.25, 0.3) is 0 Å². The molecule has 0 aliphatic carbocycles. The number of benzene rings is 1. The maximum atomic E-state index is 12.5. The molecule has 1 aliphatic heterocycles. The number of halogens is 1. The van der Waals surface area contributed by atoms with Crippen molar-refractivity contribution >= 4 is 23.3 Å². The lowest BCUT2D eigenvalue weighted by atomic mass is 9.98. The average molecular weight is 399 g/mol. The number of nitrogens with one attached hydrogen (secondary N) is 1. The van der Waals surface area contributed by atoms with Crippen molar-refractivity contribution in [3.63, 3.8) is 0 Å². The van der Waals surface area contributed by atoms with E-state index in [4.69, 9.17) is 16.3 Å². The van der Waals surface area contributed by atoms with E-state index in [1.165, 1.54) is 0 Å². The topological polar surface area (TPSA) is 58.9 Å². The number of pyridine rings is 1. The predicted molar refractivity (Wildman–Crippen MR) is 109 cm³/mol. The van der Waals surface area contributed by atoms with Crippen molar-refractivity contribution in [3.8, 4) is 5.75 Å². The quantitative estimate of drug-likeness (QED) is 0.707. The molecule has 3 aromatic rings. The van der Waals surface area contributed by atoms with E-state index < -0.39 is 0 Å². The first-order valence-electron chi connectivity index (χ1n) is 9.51. The number of hydrogen-bond acceptors (Lipinski definition) is 3. The van der Waals surface area contributed by atoms with Gasteiger partial charge in [-0.25, -0.2) is 9.78 Å². The summed E-state index contributed by atoms with van der Waals surface area (Å²) in [4.78, 5) is 18.8. The number of ether oxygens (including phenoxy) is 1. The molecule has 0 unspecified atom stereocenters. The summed E-state index contributed by atoms with van der Waals surface area (Å²) in [6, 6.07) is 13.5. The lowest BCUT2D eigenvalue weighted by Crippen LogP contribution is -2.44. The SMILES string of the molecule is O=C(NCc1cn2cc(Cl)ccc2n1)N1CCC(COc2ccccc2)CC1. The van der Waals surface area contributed by atoms with Gasteiger partial charge in [0.15, 0.2) is 0 Å². The van der Waals surface area contributed by atoms with Crippen molar-refractivity contribution in [3.05, 3.63) is 65.6 Å². The van der Waals surface area contributed by atoms with Crippen molar-refractivity contribution in [2.75, 3.05) is 19.7 Å². The Hall–Kier alpha value is -2.73. The van der Waals surface area contributed by atoms with Gasteiger partial charge in [0.05, 0.1) is 23.9 Å². The number of aromatic nitrogens is 2. The molecule has 0 atom stereocenters. The number of rotatable bonds is 5. The van der Waals surface area contributed by atoms with Gasteiger partial charge in [-0.3, -0.25) is 0 Å². The Morgan fingerprint density at radius 2 is 1.93 bits per heavy atom. The third-order valence-electron chi connectivity index (χ3n) is 5.02. The number of likely N-dealkylation sites (tertiary alicyclic amines) is 1. The average Bonchev–Trinajstić information content (AvgIpc) is 3.13. The minimum Gasteiger partial charge on any atom is -0.493 e. The summed E-state index contributed by atoms with van der Waals surface area (Å²) in [5.41, 5.74) is 1.62. The molecule has 1 fully saturated rings. The molecule has 2 aromatic heterocycles. The van der Waals surface area contributed by atoms with Crippen LogP contribution in [-0.4, -0.2) is 40.0 Å². The second-order valence-corrected chi connectivity index (χ2v) is 7.49. The first-order valence-corrected chi connectivity index (χ1v) is 9.89. The number of fused-ring (bicyclic) bond motifs is 1. The molecule has 3 heterocycles. The summed E-state index contributed by atoms with van der Waals surface area (Å²) in [6.07, 6.45) is 5.59. The Bertz CT molecular complexity index is 936. The number of amides is 2. The molecule has 2 amide bonds. The molecule has 1 saturated heterocycles. The highest BCUT2D eigenvalue weighted by Crippen LogP contribution is 2.19. The van der Waals surface area contributed by atoms with Crippen LogP contribution in [0.25, 0.3) is 5.65 Å². The van der Waals surface area contributed by atoms with Crippen LogP contribution in [0.1, 0.15) is 18.5 Å². The fourth-order valence-corrected chi connectivity index (χ4v) is 3.58. The summed E-state index contributed by atoms with van der Waals surface area (Å²) in [5, 5.41) is 3.62.